The van der Waals surface area contributed by atoms with Crippen molar-refractivity contribution in [1.29, 1.82) is 0 Å². The Bertz CT molecular complexity index is 1120. The molecule has 27 heavy (non-hydrogen) atoms. The number of sulfonamides is 1. The van der Waals surface area contributed by atoms with Crippen molar-refractivity contribution in [1.82, 2.24) is 4.98 Å². The highest BCUT2D eigenvalue weighted by atomic mass is 32.2. The number of hydrogen-bond acceptors (Lipinski definition) is 2. The van der Waals surface area contributed by atoms with Crippen molar-refractivity contribution in [2.24, 2.45) is 0 Å². The lowest BCUT2D eigenvalue weighted by molar-refractivity contribution is 0.496. The van der Waals surface area contributed by atoms with Crippen LogP contribution in [0.5, 0.6) is 0 Å². The first-order chi connectivity index (χ1) is 12.9. The van der Waals surface area contributed by atoms with E-state index in [0.717, 1.165) is 41.3 Å². The van der Waals surface area contributed by atoms with E-state index in [2.05, 4.69) is 16.6 Å². The number of H-pyrrole nitrogens is 1. The van der Waals surface area contributed by atoms with Gasteiger partial charge in [-0.3, -0.25) is 4.72 Å². The van der Waals surface area contributed by atoms with Gasteiger partial charge in [0.15, 0.2) is 0 Å². The van der Waals surface area contributed by atoms with Gasteiger partial charge in [-0.05, 0) is 61.1 Å². The topological polar surface area (TPSA) is 62.0 Å². The van der Waals surface area contributed by atoms with Crippen LogP contribution in [0.15, 0.2) is 42.6 Å². The first-order valence-corrected chi connectivity index (χ1v) is 11.0. The first-order valence-electron chi connectivity index (χ1n) is 9.30. The quantitative estimate of drug-likeness (QED) is 0.667. The van der Waals surface area contributed by atoms with Crippen molar-refractivity contribution >= 4 is 26.6 Å². The van der Waals surface area contributed by atoms with E-state index in [1.807, 2.05) is 24.4 Å². The van der Waals surface area contributed by atoms with Crippen LogP contribution in [0.1, 0.15) is 43.4 Å². The highest BCUT2D eigenvalue weighted by Gasteiger charge is 2.40. The molecule has 0 saturated carbocycles. The summed E-state index contributed by atoms with van der Waals surface area (Å²) in [6, 6.07) is 10.7. The minimum absolute atomic E-state index is 0.0226. The van der Waals surface area contributed by atoms with E-state index in [-0.39, 0.29) is 17.0 Å². The van der Waals surface area contributed by atoms with Gasteiger partial charge in [-0.1, -0.05) is 25.1 Å². The summed E-state index contributed by atoms with van der Waals surface area (Å²) < 4.78 is 40.4. The van der Waals surface area contributed by atoms with Crippen LogP contribution in [0, 0.1) is 5.82 Å². The maximum atomic E-state index is 13.7. The number of hydrogen-bond donors (Lipinski definition) is 2. The molecule has 142 valence electrons. The normalized spacial score (nSPS) is 19.4. The van der Waals surface area contributed by atoms with E-state index in [1.165, 1.54) is 11.6 Å². The van der Waals surface area contributed by atoms with Gasteiger partial charge in [0.2, 0.25) is 10.0 Å². The Labute approximate surface area is 158 Å². The van der Waals surface area contributed by atoms with Crippen molar-refractivity contribution in [2.75, 3.05) is 10.5 Å². The van der Waals surface area contributed by atoms with Crippen molar-refractivity contribution < 1.29 is 12.8 Å². The van der Waals surface area contributed by atoms with Crippen molar-refractivity contribution in [3.63, 3.8) is 0 Å². The second kappa shape index (κ2) is 6.37. The Hall–Kier alpha value is -2.34. The number of nitrogens with one attached hydrogen (secondary N) is 2. The largest absolute Gasteiger partial charge is 0.359 e. The summed E-state index contributed by atoms with van der Waals surface area (Å²) in [5.41, 5.74) is 4.53. The van der Waals surface area contributed by atoms with Crippen LogP contribution in [-0.2, 0) is 21.9 Å². The van der Waals surface area contributed by atoms with Crippen molar-refractivity contribution in [2.45, 2.75) is 38.5 Å². The molecule has 2 aromatic carbocycles. The van der Waals surface area contributed by atoms with E-state index >= 15 is 0 Å². The molecule has 1 aliphatic carbocycles. The van der Waals surface area contributed by atoms with Gasteiger partial charge in [0.25, 0.3) is 0 Å². The van der Waals surface area contributed by atoms with Gasteiger partial charge in [0.05, 0.1) is 17.0 Å². The highest BCUT2D eigenvalue weighted by Crippen LogP contribution is 2.49. The zero-order valence-corrected chi connectivity index (χ0v) is 16.3. The van der Waals surface area contributed by atoms with Gasteiger partial charge in [-0.25, -0.2) is 12.8 Å². The molecule has 0 fully saturated rings. The van der Waals surface area contributed by atoms with E-state index in [9.17, 15) is 12.8 Å². The molecular weight excluding hydrogens is 363 g/mol. The maximum Gasteiger partial charge on any atom is 0.232 e. The van der Waals surface area contributed by atoms with E-state index in [4.69, 9.17) is 0 Å². The average Bonchev–Trinajstić information content (AvgIpc) is 3.24. The average molecular weight is 386 g/mol. The SMILES string of the molecule is CCC1(c2c[nH]c3c(NS(=O)(=O)CC)cccc23)CCc2cc(F)ccc21. The smallest absolute Gasteiger partial charge is 0.232 e. The van der Waals surface area contributed by atoms with Crippen LogP contribution < -0.4 is 4.72 Å². The van der Waals surface area contributed by atoms with E-state index in [1.54, 1.807) is 19.1 Å². The lowest BCUT2D eigenvalue weighted by Gasteiger charge is -2.29. The molecule has 1 aromatic heterocycles. The summed E-state index contributed by atoms with van der Waals surface area (Å²) in [6.07, 6.45) is 4.63. The van der Waals surface area contributed by atoms with Gasteiger partial charge in [-0.2, -0.15) is 0 Å². The number of benzene rings is 2. The third-order valence-electron chi connectivity index (χ3n) is 5.88. The molecule has 0 aliphatic heterocycles. The van der Waals surface area contributed by atoms with Gasteiger partial charge < -0.3 is 4.98 Å². The molecule has 0 saturated heterocycles. The molecule has 0 spiro atoms. The molecule has 0 amide bonds. The Kier molecular flexibility index (Phi) is 4.26. The molecule has 4 nitrogen and oxygen atoms in total. The minimum Gasteiger partial charge on any atom is -0.359 e. The lowest BCUT2D eigenvalue weighted by atomic mass is 9.73. The molecule has 2 N–H and O–H groups in total. The molecule has 0 radical (unpaired) electrons. The van der Waals surface area contributed by atoms with Gasteiger partial charge in [0, 0.05) is 17.0 Å². The third-order valence-corrected chi connectivity index (χ3v) is 7.18. The fourth-order valence-corrected chi connectivity index (χ4v) is 5.08. The summed E-state index contributed by atoms with van der Waals surface area (Å²) in [4.78, 5) is 3.28. The van der Waals surface area contributed by atoms with E-state index in [0.29, 0.717) is 5.69 Å². The Balaban J connectivity index is 1.88. The number of para-hydroxylation sites is 1. The summed E-state index contributed by atoms with van der Waals surface area (Å²) in [6.45, 7) is 3.77. The summed E-state index contributed by atoms with van der Waals surface area (Å²) in [5, 5.41) is 1.00. The standard InChI is InChI=1S/C21H23FN2O2S/c1-3-21(11-10-14-12-15(22)8-9-17(14)21)18-13-23-20-16(18)6-5-7-19(20)24-27(25,26)4-2/h5-9,12-13,23-24H,3-4,10-11H2,1-2H3. The van der Waals surface area contributed by atoms with Crippen LogP contribution in [0.2, 0.25) is 0 Å². The monoisotopic (exact) mass is 386 g/mol. The van der Waals surface area contributed by atoms with Crippen molar-refractivity contribution in [3.05, 3.63) is 65.1 Å². The number of aryl methyl sites for hydroxylation is 1. The molecule has 1 heterocycles. The Morgan fingerprint density at radius 3 is 2.74 bits per heavy atom. The van der Waals surface area contributed by atoms with Crippen LogP contribution in [-0.4, -0.2) is 19.2 Å². The third kappa shape index (κ3) is 2.83. The molecule has 3 aromatic rings. The Morgan fingerprint density at radius 1 is 1.19 bits per heavy atom. The molecule has 1 atom stereocenters. The number of anilines is 1. The predicted octanol–water partition coefficient (Wildman–Crippen LogP) is 4.71. The fourth-order valence-electron chi connectivity index (χ4n) is 4.43. The summed E-state index contributed by atoms with van der Waals surface area (Å²) in [7, 11) is -3.36. The van der Waals surface area contributed by atoms with Crippen LogP contribution in [0.3, 0.4) is 0 Å². The fraction of sp³-hybridized carbons (Fsp3) is 0.333. The first kappa shape index (κ1) is 18.0. The van der Waals surface area contributed by atoms with Crippen LogP contribution in [0.4, 0.5) is 10.1 Å². The lowest BCUT2D eigenvalue weighted by Crippen LogP contribution is -2.23. The van der Waals surface area contributed by atoms with Gasteiger partial charge in [-0.15, -0.1) is 0 Å². The van der Waals surface area contributed by atoms with Crippen LogP contribution in [0.25, 0.3) is 10.9 Å². The second-order valence-corrected chi connectivity index (χ2v) is 9.18. The molecule has 4 rings (SSSR count). The van der Waals surface area contributed by atoms with Crippen molar-refractivity contribution in [3.8, 4) is 0 Å². The summed E-state index contributed by atoms with van der Waals surface area (Å²) in [5.74, 6) is -0.176. The number of aromatic nitrogens is 1. The number of fused-ring (bicyclic) bond motifs is 2. The molecule has 1 unspecified atom stereocenters. The second-order valence-electron chi connectivity index (χ2n) is 7.17. The summed E-state index contributed by atoms with van der Waals surface area (Å²) >= 11 is 0. The molecule has 0 bridgehead atoms. The molecule has 1 aliphatic rings. The number of rotatable bonds is 5. The van der Waals surface area contributed by atoms with E-state index < -0.39 is 10.0 Å². The number of aromatic amines is 1. The van der Waals surface area contributed by atoms with Gasteiger partial charge in [0.1, 0.15) is 5.82 Å². The van der Waals surface area contributed by atoms with Crippen LogP contribution >= 0.6 is 0 Å². The minimum atomic E-state index is -3.36. The number of halogens is 1. The maximum absolute atomic E-state index is 13.7. The predicted molar refractivity (Wildman–Crippen MR) is 107 cm³/mol. The molecule has 6 heteroatoms. The zero-order chi connectivity index (χ0) is 19.2. The highest BCUT2D eigenvalue weighted by molar-refractivity contribution is 7.92. The van der Waals surface area contributed by atoms with Gasteiger partial charge >= 0.3 is 0 Å². The Morgan fingerprint density at radius 2 is 2.00 bits per heavy atom. The molecular formula is C21H23FN2O2S. The zero-order valence-electron chi connectivity index (χ0n) is 15.5.